The molecule has 152 valence electrons. The Hall–Kier alpha value is -2.44. The molecule has 1 N–H and O–H groups in total. The van der Waals surface area contributed by atoms with E-state index in [1.54, 1.807) is 0 Å². The minimum Gasteiger partial charge on any atom is -0.505 e. The summed E-state index contributed by atoms with van der Waals surface area (Å²) >= 11 is 0. The van der Waals surface area contributed by atoms with Crippen LogP contribution in [0.25, 0.3) is 0 Å². The van der Waals surface area contributed by atoms with E-state index in [4.69, 9.17) is 0 Å². The first-order valence-electron chi connectivity index (χ1n) is 8.59. The first-order valence-corrected chi connectivity index (χ1v) is 8.59. The Morgan fingerprint density at radius 3 is 1.64 bits per heavy atom. The molecular weight excluding hydrogens is 377 g/mol. The molecule has 28 heavy (non-hydrogen) atoms. The fourth-order valence-electron chi connectivity index (χ4n) is 2.59. The van der Waals surface area contributed by atoms with Gasteiger partial charge in [-0.25, -0.2) is 22.0 Å². The van der Waals surface area contributed by atoms with E-state index in [-0.39, 0.29) is 16.9 Å². The monoisotopic (exact) mass is 399 g/mol. The largest absolute Gasteiger partial charge is 0.505 e. The Labute approximate surface area is 160 Å². The number of benzene rings is 2. The molecule has 0 spiro atoms. The normalized spacial score (nSPS) is 12.8. The quantitative estimate of drug-likeness (QED) is 0.268. The topological polar surface area (TPSA) is 32.6 Å². The van der Waals surface area contributed by atoms with Crippen molar-refractivity contribution in [1.29, 1.82) is 0 Å². The predicted molar refractivity (Wildman–Crippen MR) is 99.0 cm³/mol. The smallest absolute Gasteiger partial charge is 0.200 e. The van der Waals surface area contributed by atoms with Crippen LogP contribution < -0.4 is 0 Å². The maximum absolute atomic E-state index is 13.9. The van der Waals surface area contributed by atoms with E-state index in [0.29, 0.717) is 11.8 Å². The number of hydrogen-bond donors (Lipinski definition) is 1. The van der Waals surface area contributed by atoms with Crippen molar-refractivity contribution in [2.24, 2.45) is 4.99 Å². The van der Waals surface area contributed by atoms with Gasteiger partial charge in [0.25, 0.3) is 0 Å². The van der Waals surface area contributed by atoms with E-state index in [9.17, 15) is 27.1 Å². The Morgan fingerprint density at radius 2 is 1.21 bits per heavy atom. The van der Waals surface area contributed by atoms with Gasteiger partial charge in [0.1, 0.15) is 11.4 Å². The highest BCUT2D eigenvalue weighted by molar-refractivity contribution is 5.84. The van der Waals surface area contributed by atoms with Gasteiger partial charge in [0.2, 0.25) is 5.82 Å². The summed E-state index contributed by atoms with van der Waals surface area (Å²) in [7, 11) is 0. The van der Waals surface area contributed by atoms with Crippen molar-refractivity contribution in [2.75, 3.05) is 0 Å². The minimum atomic E-state index is -2.24. The third kappa shape index (κ3) is 4.03. The van der Waals surface area contributed by atoms with Crippen LogP contribution in [0.4, 0.5) is 27.6 Å². The number of phenolic OH excluding ortho intramolecular Hbond substituents is 1. The minimum absolute atomic E-state index is 0.0266. The van der Waals surface area contributed by atoms with Crippen molar-refractivity contribution in [2.45, 2.75) is 52.4 Å². The highest BCUT2D eigenvalue weighted by Crippen LogP contribution is 2.41. The number of aliphatic imine (C=N–C) groups is 1. The van der Waals surface area contributed by atoms with Crippen LogP contribution in [0.3, 0.4) is 0 Å². The van der Waals surface area contributed by atoms with Gasteiger partial charge in [-0.2, -0.15) is 0 Å². The van der Waals surface area contributed by atoms with Crippen LogP contribution in [0.2, 0.25) is 0 Å². The van der Waals surface area contributed by atoms with E-state index in [1.807, 2.05) is 47.6 Å². The fourth-order valence-corrected chi connectivity index (χ4v) is 2.59. The first kappa shape index (κ1) is 21.9. The molecule has 0 aromatic heterocycles. The zero-order valence-corrected chi connectivity index (χ0v) is 16.5. The van der Waals surface area contributed by atoms with Crippen molar-refractivity contribution in [3.05, 3.63) is 57.9 Å². The molecule has 0 aliphatic carbocycles. The number of halogens is 5. The summed E-state index contributed by atoms with van der Waals surface area (Å²) in [5.74, 6) is -10.5. The van der Waals surface area contributed by atoms with E-state index in [2.05, 4.69) is 4.99 Å². The SMILES string of the molecule is CC(C)(C)c1cc(N=Cc2c(F)c(F)c(F)c(F)c2F)c(O)c(C(C)(C)C)c1. The lowest BCUT2D eigenvalue weighted by molar-refractivity contribution is 0.377. The first-order chi connectivity index (χ1) is 12.7. The van der Waals surface area contributed by atoms with Gasteiger partial charge in [-0.15, -0.1) is 0 Å². The van der Waals surface area contributed by atoms with Crippen molar-refractivity contribution in [3.8, 4) is 5.75 Å². The van der Waals surface area contributed by atoms with Crippen LogP contribution in [-0.4, -0.2) is 11.3 Å². The van der Waals surface area contributed by atoms with Crippen LogP contribution in [0.1, 0.15) is 58.2 Å². The molecule has 0 saturated heterocycles. The molecule has 0 aliphatic rings. The van der Waals surface area contributed by atoms with Gasteiger partial charge in [0.15, 0.2) is 23.3 Å². The zero-order chi connectivity index (χ0) is 21.6. The third-order valence-electron chi connectivity index (χ3n) is 4.34. The van der Waals surface area contributed by atoms with Crippen molar-refractivity contribution in [1.82, 2.24) is 0 Å². The molecule has 0 bridgehead atoms. The zero-order valence-electron chi connectivity index (χ0n) is 16.5. The molecule has 2 rings (SSSR count). The number of nitrogens with zero attached hydrogens (tertiary/aromatic N) is 1. The lowest BCUT2D eigenvalue weighted by atomic mass is 9.80. The van der Waals surface area contributed by atoms with Gasteiger partial charge in [0.05, 0.1) is 5.56 Å². The van der Waals surface area contributed by atoms with Crippen LogP contribution >= 0.6 is 0 Å². The fraction of sp³-hybridized carbons (Fsp3) is 0.381. The molecule has 0 atom stereocenters. The average molecular weight is 399 g/mol. The standard InChI is InChI=1S/C21H22F5NO/c1-20(2,3)10-7-12(21(4,5)6)19(28)13(8-10)27-9-11-14(22)16(24)18(26)17(25)15(11)23/h7-9,28H,1-6H3. The Bertz CT molecular complexity index is 924. The summed E-state index contributed by atoms with van der Waals surface area (Å²) in [4.78, 5) is 3.85. The number of aromatic hydroxyl groups is 1. The molecule has 0 heterocycles. The van der Waals surface area contributed by atoms with Gasteiger partial charge in [-0.05, 0) is 22.5 Å². The summed E-state index contributed by atoms with van der Waals surface area (Å²) < 4.78 is 67.7. The lowest BCUT2D eigenvalue weighted by Crippen LogP contribution is -2.16. The highest BCUT2D eigenvalue weighted by Gasteiger charge is 2.26. The van der Waals surface area contributed by atoms with Crippen LogP contribution in [0.5, 0.6) is 5.75 Å². The van der Waals surface area contributed by atoms with Crippen LogP contribution in [-0.2, 0) is 10.8 Å². The van der Waals surface area contributed by atoms with E-state index >= 15 is 0 Å². The molecule has 0 amide bonds. The number of rotatable bonds is 2. The van der Waals surface area contributed by atoms with Gasteiger partial charge in [0, 0.05) is 11.8 Å². The Balaban J connectivity index is 2.71. The molecule has 0 aliphatic heterocycles. The van der Waals surface area contributed by atoms with Crippen molar-refractivity contribution >= 4 is 11.9 Å². The summed E-state index contributed by atoms with van der Waals surface area (Å²) in [6, 6.07) is 3.33. The molecule has 0 radical (unpaired) electrons. The van der Waals surface area contributed by atoms with Crippen LogP contribution in [0.15, 0.2) is 17.1 Å². The number of phenols is 1. The highest BCUT2D eigenvalue weighted by atomic mass is 19.2. The molecule has 0 fully saturated rings. The van der Waals surface area contributed by atoms with E-state index in [0.717, 1.165) is 5.56 Å². The molecule has 2 nitrogen and oxygen atoms in total. The molecule has 7 heteroatoms. The average Bonchev–Trinajstić information content (AvgIpc) is 2.57. The molecular formula is C21H22F5NO. The molecule has 2 aromatic carbocycles. The van der Waals surface area contributed by atoms with Gasteiger partial charge in [-0.3, -0.25) is 4.99 Å². The third-order valence-corrected chi connectivity index (χ3v) is 4.34. The Morgan fingerprint density at radius 1 is 0.750 bits per heavy atom. The summed E-state index contributed by atoms with van der Waals surface area (Å²) in [6.07, 6.45) is 0.532. The van der Waals surface area contributed by atoms with Gasteiger partial charge >= 0.3 is 0 Å². The maximum Gasteiger partial charge on any atom is 0.200 e. The second kappa shape index (κ2) is 7.18. The maximum atomic E-state index is 13.9. The predicted octanol–water partition coefficient (Wildman–Crippen LogP) is 6.43. The summed E-state index contributed by atoms with van der Waals surface area (Å²) in [6.45, 7) is 11.4. The second-order valence-corrected chi connectivity index (χ2v) is 8.63. The second-order valence-electron chi connectivity index (χ2n) is 8.63. The van der Waals surface area contributed by atoms with Crippen LogP contribution in [0, 0.1) is 29.1 Å². The Kier molecular flexibility index (Phi) is 5.61. The van der Waals surface area contributed by atoms with Gasteiger partial charge < -0.3 is 5.11 Å². The molecule has 0 saturated carbocycles. The van der Waals surface area contributed by atoms with Crippen molar-refractivity contribution in [3.63, 3.8) is 0 Å². The van der Waals surface area contributed by atoms with E-state index in [1.165, 1.54) is 6.07 Å². The summed E-state index contributed by atoms with van der Waals surface area (Å²) in [5.41, 5.74) is -0.664. The van der Waals surface area contributed by atoms with Gasteiger partial charge in [-0.1, -0.05) is 47.6 Å². The number of hydrogen-bond acceptors (Lipinski definition) is 2. The van der Waals surface area contributed by atoms with Crippen molar-refractivity contribution < 1.29 is 27.1 Å². The summed E-state index contributed by atoms with van der Waals surface area (Å²) in [5, 5.41) is 10.6. The van der Waals surface area contributed by atoms with E-state index < -0.39 is 40.1 Å². The lowest BCUT2D eigenvalue weighted by Gasteiger charge is -2.26. The molecule has 0 unspecified atom stereocenters. The molecule has 2 aromatic rings.